The normalized spacial score (nSPS) is 32.2. The summed E-state index contributed by atoms with van der Waals surface area (Å²) in [7, 11) is 0. The molecule has 0 aromatic heterocycles. The SMILES string of the molecule is OCCCC1COCCC1O. The summed E-state index contributed by atoms with van der Waals surface area (Å²) < 4.78 is 5.21. The fourth-order valence-corrected chi connectivity index (χ4v) is 1.41. The summed E-state index contributed by atoms with van der Waals surface area (Å²) in [6.07, 6.45) is 2.18. The molecule has 3 nitrogen and oxygen atoms in total. The largest absolute Gasteiger partial charge is 0.396 e. The summed E-state index contributed by atoms with van der Waals surface area (Å²) in [4.78, 5) is 0. The Morgan fingerprint density at radius 2 is 2.27 bits per heavy atom. The Hall–Kier alpha value is -0.120. The third-order valence-electron chi connectivity index (χ3n) is 2.17. The van der Waals surface area contributed by atoms with Crippen LogP contribution in [0.15, 0.2) is 0 Å². The van der Waals surface area contributed by atoms with E-state index in [4.69, 9.17) is 9.84 Å². The number of hydrogen-bond acceptors (Lipinski definition) is 3. The molecule has 0 spiro atoms. The highest BCUT2D eigenvalue weighted by molar-refractivity contribution is 4.72. The maximum atomic E-state index is 9.43. The number of aliphatic hydroxyl groups excluding tert-OH is 2. The first-order chi connectivity index (χ1) is 5.34. The van der Waals surface area contributed by atoms with E-state index >= 15 is 0 Å². The lowest BCUT2D eigenvalue weighted by molar-refractivity contribution is -0.0398. The molecule has 0 aromatic rings. The van der Waals surface area contributed by atoms with Crippen molar-refractivity contribution in [1.29, 1.82) is 0 Å². The van der Waals surface area contributed by atoms with Crippen LogP contribution >= 0.6 is 0 Å². The lowest BCUT2D eigenvalue weighted by Crippen LogP contribution is -2.31. The summed E-state index contributed by atoms with van der Waals surface area (Å²) in [6, 6.07) is 0. The van der Waals surface area contributed by atoms with Crippen LogP contribution in [0, 0.1) is 5.92 Å². The molecule has 2 N–H and O–H groups in total. The molecular weight excluding hydrogens is 144 g/mol. The van der Waals surface area contributed by atoms with Gasteiger partial charge in [0, 0.05) is 19.1 Å². The van der Waals surface area contributed by atoms with Gasteiger partial charge in [0.25, 0.3) is 0 Å². The Balaban J connectivity index is 2.18. The second-order valence-corrected chi connectivity index (χ2v) is 3.06. The molecule has 66 valence electrons. The zero-order chi connectivity index (χ0) is 8.10. The molecule has 1 saturated heterocycles. The van der Waals surface area contributed by atoms with Crippen LogP contribution in [0.3, 0.4) is 0 Å². The van der Waals surface area contributed by atoms with Crippen molar-refractivity contribution in [3.05, 3.63) is 0 Å². The minimum absolute atomic E-state index is 0.212. The van der Waals surface area contributed by atoms with Gasteiger partial charge in [-0.25, -0.2) is 0 Å². The Morgan fingerprint density at radius 1 is 1.45 bits per heavy atom. The summed E-state index contributed by atoms with van der Waals surface area (Å²) in [5, 5.41) is 18.0. The highest BCUT2D eigenvalue weighted by Gasteiger charge is 2.22. The van der Waals surface area contributed by atoms with Crippen LogP contribution < -0.4 is 0 Å². The maximum absolute atomic E-state index is 9.43. The standard InChI is InChI=1S/C8H16O3/c9-4-1-2-7-6-11-5-3-8(7)10/h7-10H,1-6H2. The molecule has 3 heteroatoms. The lowest BCUT2D eigenvalue weighted by atomic mass is 9.94. The molecule has 0 amide bonds. The number of aliphatic hydroxyl groups is 2. The van der Waals surface area contributed by atoms with Gasteiger partial charge in [-0.1, -0.05) is 0 Å². The van der Waals surface area contributed by atoms with E-state index in [2.05, 4.69) is 0 Å². The molecule has 1 fully saturated rings. The zero-order valence-electron chi connectivity index (χ0n) is 6.70. The summed E-state index contributed by atoms with van der Waals surface area (Å²) in [5.74, 6) is 0.246. The minimum atomic E-state index is -0.213. The van der Waals surface area contributed by atoms with Crippen LogP contribution in [-0.2, 0) is 4.74 Å². The molecule has 2 atom stereocenters. The third kappa shape index (κ3) is 2.77. The number of rotatable bonds is 3. The first-order valence-corrected chi connectivity index (χ1v) is 4.21. The van der Waals surface area contributed by atoms with E-state index in [1.165, 1.54) is 0 Å². The molecule has 0 radical (unpaired) electrons. The highest BCUT2D eigenvalue weighted by Crippen LogP contribution is 2.18. The van der Waals surface area contributed by atoms with Gasteiger partial charge in [0.15, 0.2) is 0 Å². The molecular formula is C8H16O3. The van der Waals surface area contributed by atoms with E-state index in [-0.39, 0.29) is 18.6 Å². The monoisotopic (exact) mass is 160 g/mol. The fourth-order valence-electron chi connectivity index (χ4n) is 1.41. The van der Waals surface area contributed by atoms with Crippen molar-refractivity contribution in [1.82, 2.24) is 0 Å². The van der Waals surface area contributed by atoms with Gasteiger partial charge >= 0.3 is 0 Å². The Morgan fingerprint density at radius 3 is 2.91 bits per heavy atom. The molecule has 0 aromatic carbocycles. The van der Waals surface area contributed by atoms with Crippen molar-refractivity contribution in [2.75, 3.05) is 19.8 Å². The van der Waals surface area contributed by atoms with Gasteiger partial charge in [0.1, 0.15) is 0 Å². The minimum Gasteiger partial charge on any atom is -0.396 e. The first kappa shape index (κ1) is 8.97. The molecule has 1 aliphatic heterocycles. The van der Waals surface area contributed by atoms with Crippen molar-refractivity contribution in [2.45, 2.75) is 25.4 Å². The van der Waals surface area contributed by atoms with E-state index in [0.717, 1.165) is 19.3 Å². The van der Waals surface area contributed by atoms with Crippen molar-refractivity contribution >= 4 is 0 Å². The fraction of sp³-hybridized carbons (Fsp3) is 1.00. The molecule has 2 unspecified atom stereocenters. The Labute approximate surface area is 67.0 Å². The summed E-state index contributed by atoms with van der Waals surface area (Å²) in [5.41, 5.74) is 0. The molecule has 0 aliphatic carbocycles. The zero-order valence-corrected chi connectivity index (χ0v) is 6.70. The van der Waals surface area contributed by atoms with E-state index in [1.54, 1.807) is 0 Å². The average molecular weight is 160 g/mol. The van der Waals surface area contributed by atoms with Crippen LogP contribution in [0.25, 0.3) is 0 Å². The van der Waals surface area contributed by atoms with E-state index in [9.17, 15) is 5.11 Å². The smallest absolute Gasteiger partial charge is 0.0612 e. The molecule has 0 bridgehead atoms. The van der Waals surface area contributed by atoms with Gasteiger partial charge in [-0.2, -0.15) is 0 Å². The second-order valence-electron chi connectivity index (χ2n) is 3.06. The molecule has 0 saturated carbocycles. The van der Waals surface area contributed by atoms with Crippen LogP contribution in [0.4, 0.5) is 0 Å². The topological polar surface area (TPSA) is 49.7 Å². The second kappa shape index (κ2) is 4.70. The quantitative estimate of drug-likeness (QED) is 0.618. The van der Waals surface area contributed by atoms with Crippen molar-refractivity contribution in [3.8, 4) is 0 Å². The highest BCUT2D eigenvalue weighted by atomic mass is 16.5. The predicted octanol–water partition coefficient (Wildman–Crippen LogP) is 0.156. The van der Waals surface area contributed by atoms with Crippen LogP contribution in [0.1, 0.15) is 19.3 Å². The number of ether oxygens (including phenoxy) is 1. The molecule has 1 heterocycles. The third-order valence-corrected chi connectivity index (χ3v) is 2.17. The van der Waals surface area contributed by atoms with E-state index < -0.39 is 0 Å². The van der Waals surface area contributed by atoms with E-state index in [0.29, 0.717) is 13.2 Å². The van der Waals surface area contributed by atoms with Gasteiger partial charge in [-0.15, -0.1) is 0 Å². The van der Waals surface area contributed by atoms with Gasteiger partial charge in [-0.3, -0.25) is 0 Å². The lowest BCUT2D eigenvalue weighted by Gasteiger charge is -2.27. The average Bonchev–Trinajstić information content (AvgIpc) is 2.03. The molecule has 1 aliphatic rings. The Bertz CT molecular complexity index is 106. The van der Waals surface area contributed by atoms with Gasteiger partial charge in [-0.05, 0) is 19.3 Å². The van der Waals surface area contributed by atoms with Crippen LogP contribution in [0.2, 0.25) is 0 Å². The summed E-state index contributed by atoms with van der Waals surface area (Å²) in [6.45, 7) is 1.54. The number of hydrogen-bond donors (Lipinski definition) is 2. The summed E-state index contributed by atoms with van der Waals surface area (Å²) >= 11 is 0. The van der Waals surface area contributed by atoms with Crippen LogP contribution in [-0.4, -0.2) is 36.1 Å². The van der Waals surface area contributed by atoms with Crippen molar-refractivity contribution in [3.63, 3.8) is 0 Å². The van der Waals surface area contributed by atoms with Gasteiger partial charge in [0.2, 0.25) is 0 Å². The molecule has 11 heavy (non-hydrogen) atoms. The van der Waals surface area contributed by atoms with E-state index in [1.807, 2.05) is 0 Å². The van der Waals surface area contributed by atoms with Crippen LogP contribution in [0.5, 0.6) is 0 Å². The van der Waals surface area contributed by atoms with Crippen molar-refractivity contribution in [2.24, 2.45) is 5.92 Å². The Kier molecular flexibility index (Phi) is 3.83. The van der Waals surface area contributed by atoms with Gasteiger partial charge in [0.05, 0.1) is 12.7 Å². The maximum Gasteiger partial charge on any atom is 0.0612 e. The first-order valence-electron chi connectivity index (χ1n) is 4.21. The van der Waals surface area contributed by atoms with Gasteiger partial charge < -0.3 is 14.9 Å². The van der Waals surface area contributed by atoms with Crippen molar-refractivity contribution < 1.29 is 14.9 Å². The predicted molar refractivity (Wildman–Crippen MR) is 41.3 cm³/mol. The molecule has 1 rings (SSSR count).